The van der Waals surface area contributed by atoms with Gasteiger partial charge in [-0.1, -0.05) is 29.8 Å². The molecule has 7 heteroatoms. The van der Waals surface area contributed by atoms with E-state index in [9.17, 15) is 12.8 Å². The Kier molecular flexibility index (Phi) is 4.27. The van der Waals surface area contributed by atoms with Crippen molar-refractivity contribution in [2.45, 2.75) is 11.4 Å². The summed E-state index contributed by atoms with van der Waals surface area (Å²) in [5.74, 6) is -0.854. The van der Waals surface area contributed by atoms with Crippen LogP contribution in [0.5, 0.6) is 0 Å². The van der Waals surface area contributed by atoms with Crippen molar-refractivity contribution in [3.8, 4) is 0 Å². The van der Waals surface area contributed by atoms with Crippen LogP contribution in [0.15, 0.2) is 47.4 Å². The van der Waals surface area contributed by atoms with Gasteiger partial charge in [-0.25, -0.2) is 12.8 Å². The van der Waals surface area contributed by atoms with E-state index in [1.54, 1.807) is 12.1 Å². The van der Waals surface area contributed by atoms with Crippen LogP contribution in [0.4, 0.5) is 10.1 Å². The molecule has 0 fully saturated rings. The molecule has 0 heterocycles. The second kappa shape index (κ2) is 5.78. The van der Waals surface area contributed by atoms with Crippen molar-refractivity contribution in [1.82, 2.24) is 0 Å². The van der Waals surface area contributed by atoms with Gasteiger partial charge >= 0.3 is 0 Å². The Bertz CT molecular complexity index is 735. The van der Waals surface area contributed by atoms with Gasteiger partial charge in [0, 0.05) is 6.54 Å². The highest BCUT2D eigenvalue weighted by molar-refractivity contribution is 7.92. The molecule has 0 saturated heterocycles. The third-order valence-electron chi connectivity index (χ3n) is 2.64. The van der Waals surface area contributed by atoms with Crippen molar-refractivity contribution >= 4 is 27.3 Å². The largest absolute Gasteiger partial charge is 0.326 e. The molecule has 0 aromatic heterocycles. The third-order valence-corrected chi connectivity index (χ3v) is 4.37. The third kappa shape index (κ3) is 3.09. The number of hydrogen-bond donors (Lipinski definition) is 2. The fraction of sp³-hybridized carbons (Fsp3) is 0.0769. The SMILES string of the molecule is NCc1ccc(S(=O)(=O)Nc2ccccc2Cl)c(F)c1. The smallest absolute Gasteiger partial charge is 0.264 e. The average Bonchev–Trinajstić information content (AvgIpc) is 2.40. The number of hydrogen-bond acceptors (Lipinski definition) is 3. The van der Waals surface area contributed by atoms with Gasteiger partial charge in [-0.05, 0) is 29.8 Å². The number of halogens is 2. The average molecular weight is 315 g/mol. The van der Waals surface area contributed by atoms with Crippen LogP contribution in [-0.2, 0) is 16.6 Å². The second-order valence-electron chi connectivity index (χ2n) is 4.05. The lowest BCUT2D eigenvalue weighted by atomic mass is 10.2. The molecule has 0 aliphatic carbocycles. The van der Waals surface area contributed by atoms with Crippen molar-refractivity contribution < 1.29 is 12.8 Å². The Morgan fingerprint density at radius 3 is 2.50 bits per heavy atom. The van der Waals surface area contributed by atoms with Gasteiger partial charge < -0.3 is 5.73 Å². The second-order valence-corrected chi connectivity index (χ2v) is 6.11. The van der Waals surface area contributed by atoms with E-state index in [0.29, 0.717) is 5.56 Å². The van der Waals surface area contributed by atoms with Gasteiger partial charge in [-0.2, -0.15) is 0 Å². The molecule has 0 atom stereocenters. The van der Waals surface area contributed by atoms with Crippen molar-refractivity contribution in [3.05, 3.63) is 58.9 Å². The lowest BCUT2D eigenvalue weighted by molar-refractivity contribution is 0.569. The summed E-state index contributed by atoms with van der Waals surface area (Å²) in [6, 6.07) is 10.1. The number of nitrogens with two attached hydrogens (primary N) is 1. The summed E-state index contributed by atoms with van der Waals surface area (Å²) in [7, 11) is -4.04. The predicted molar refractivity (Wildman–Crippen MR) is 76.6 cm³/mol. The zero-order valence-electron chi connectivity index (χ0n) is 10.3. The van der Waals surface area contributed by atoms with Gasteiger partial charge in [-0.15, -0.1) is 0 Å². The molecule has 20 heavy (non-hydrogen) atoms. The van der Waals surface area contributed by atoms with Crippen LogP contribution in [0.25, 0.3) is 0 Å². The van der Waals surface area contributed by atoms with Crippen LogP contribution < -0.4 is 10.5 Å². The monoisotopic (exact) mass is 314 g/mol. The van der Waals surface area contributed by atoms with Crippen molar-refractivity contribution in [2.24, 2.45) is 5.73 Å². The molecule has 0 unspecified atom stereocenters. The fourth-order valence-electron chi connectivity index (χ4n) is 1.63. The fourth-order valence-corrected chi connectivity index (χ4v) is 3.01. The zero-order valence-corrected chi connectivity index (χ0v) is 11.9. The number of benzene rings is 2. The van der Waals surface area contributed by atoms with E-state index in [-0.39, 0.29) is 17.3 Å². The first-order chi connectivity index (χ1) is 9.44. The summed E-state index contributed by atoms with van der Waals surface area (Å²) in [6.45, 7) is 0.134. The molecule has 0 aliphatic heterocycles. The normalized spacial score (nSPS) is 11.3. The molecule has 2 aromatic carbocycles. The topological polar surface area (TPSA) is 72.2 Å². The van der Waals surface area contributed by atoms with E-state index < -0.39 is 20.7 Å². The number of sulfonamides is 1. The summed E-state index contributed by atoms with van der Waals surface area (Å²) in [6.07, 6.45) is 0. The summed E-state index contributed by atoms with van der Waals surface area (Å²) < 4.78 is 40.3. The van der Waals surface area contributed by atoms with E-state index >= 15 is 0 Å². The molecule has 0 bridgehead atoms. The van der Waals surface area contributed by atoms with E-state index in [4.69, 9.17) is 17.3 Å². The van der Waals surface area contributed by atoms with Gasteiger partial charge in [0.2, 0.25) is 0 Å². The summed E-state index contributed by atoms with van der Waals surface area (Å²) >= 11 is 5.87. The molecule has 0 amide bonds. The predicted octanol–water partition coefficient (Wildman–Crippen LogP) is 2.74. The van der Waals surface area contributed by atoms with E-state index in [1.807, 2.05) is 0 Å². The van der Waals surface area contributed by atoms with Crippen LogP contribution >= 0.6 is 11.6 Å². The Morgan fingerprint density at radius 2 is 1.90 bits per heavy atom. The highest BCUT2D eigenvalue weighted by Crippen LogP contribution is 2.25. The van der Waals surface area contributed by atoms with Crippen LogP contribution in [0.2, 0.25) is 5.02 Å². The highest BCUT2D eigenvalue weighted by Gasteiger charge is 2.20. The van der Waals surface area contributed by atoms with Crippen molar-refractivity contribution in [1.29, 1.82) is 0 Å². The van der Waals surface area contributed by atoms with Crippen LogP contribution in [0.3, 0.4) is 0 Å². The Hall–Kier alpha value is -1.63. The maximum Gasteiger partial charge on any atom is 0.264 e. The van der Waals surface area contributed by atoms with Gasteiger partial charge in [0.1, 0.15) is 10.7 Å². The van der Waals surface area contributed by atoms with E-state index in [1.165, 1.54) is 24.3 Å². The molecule has 3 N–H and O–H groups in total. The molecule has 0 spiro atoms. The molecule has 106 valence electrons. The zero-order chi connectivity index (χ0) is 14.8. The first kappa shape index (κ1) is 14.8. The van der Waals surface area contributed by atoms with Gasteiger partial charge in [0.15, 0.2) is 0 Å². The molecular weight excluding hydrogens is 303 g/mol. The Morgan fingerprint density at radius 1 is 1.20 bits per heavy atom. The summed E-state index contributed by atoms with van der Waals surface area (Å²) in [5.41, 5.74) is 6.08. The maximum absolute atomic E-state index is 13.8. The summed E-state index contributed by atoms with van der Waals surface area (Å²) in [5, 5.41) is 0.232. The Balaban J connectivity index is 2.39. The molecule has 2 aromatic rings. The first-order valence-corrected chi connectivity index (χ1v) is 7.56. The minimum Gasteiger partial charge on any atom is -0.326 e. The number of anilines is 1. The van der Waals surface area contributed by atoms with E-state index in [0.717, 1.165) is 6.07 Å². The van der Waals surface area contributed by atoms with Crippen LogP contribution in [0, 0.1) is 5.82 Å². The molecule has 0 saturated carbocycles. The van der Waals surface area contributed by atoms with Gasteiger partial charge in [0.05, 0.1) is 10.7 Å². The first-order valence-electron chi connectivity index (χ1n) is 5.70. The number of para-hydroxylation sites is 1. The highest BCUT2D eigenvalue weighted by atomic mass is 35.5. The van der Waals surface area contributed by atoms with Crippen LogP contribution in [-0.4, -0.2) is 8.42 Å². The quantitative estimate of drug-likeness (QED) is 0.911. The Labute approximate surface area is 121 Å². The maximum atomic E-state index is 13.8. The lowest BCUT2D eigenvalue weighted by Crippen LogP contribution is -2.15. The molecule has 0 radical (unpaired) electrons. The molecule has 4 nitrogen and oxygen atoms in total. The van der Waals surface area contributed by atoms with Crippen molar-refractivity contribution in [3.63, 3.8) is 0 Å². The van der Waals surface area contributed by atoms with Crippen LogP contribution in [0.1, 0.15) is 5.56 Å². The van der Waals surface area contributed by atoms with Crippen molar-refractivity contribution in [2.75, 3.05) is 4.72 Å². The van der Waals surface area contributed by atoms with E-state index in [2.05, 4.69) is 4.72 Å². The van der Waals surface area contributed by atoms with Gasteiger partial charge in [-0.3, -0.25) is 4.72 Å². The number of nitrogens with one attached hydrogen (secondary N) is 1. The molecule has 0 aliphatic rings. The standard InChI is InChI=1S/C13H12ClFN2O2S/c14-10-3-1-2-4-12(10)17-20(18,19)13-6-5-9(8-16)7-11(13)15/h1-7,17H,8,16H2. The summed E-state index contributed by atoms with van der Waals surface area (Å²) in [4.78, 5) is -0.449. The van der Waals surface area contributed by atoms with Gasteiger partial charge in [0.25, 0.3) is 10.0 Å². The lowest BCUT2D eigenvalue weighted by Gasteiger charge is -2.10. The minimum atomic E-state index is -4.04. The molecular formula is C13H12ClFN2O2S. The minimum absolute atomic E-state index is 0.134. The number of rotatable bonds is 4. The molecule has 2 rings (SSSR count).